The summed E-state index contributed by atoms with van der Waals surface area (Å²) in [6.07, 6.45) is 1.58. The fourth-order valence-electron chi connectivity index (χ4n) is 1.92. The van der Waals surface area contributed by atoms with Crippen molar-refractivity contribution in [3.63, 3.8) is 0 Å². The van der Waals surface area contributed by atoms with Gasteiger partial charge in [0.2, 0.25) is 5.91 Å². The molecule has 4 nitrogen and oxygen atoms in total. The Kier molecular flexibility index (Phi) is 6.32. The average Bonchev–Trinajstić information content (AvgIpc) is 2.28. The summed E-state index contributed by atoms with van der Waals surface area (Å²) in [6, 6.07) is 0. The van der Waals surface area contributed by atoms with Gasteiger partial charge in [-0.1, -0.05) is 0 Å². The van der Waals surface area contributed by atoms with Crippen molar-refractivity contribution in [3.8, 4) is 0 Å². The zero-order valence-corrected chi connectivity index (χ0v) is 10.5. The average molecular weight is 263 g/mol. The lowest BCUT2D eigenvalue weighted by Crippen LogP contribution is -2.35. The van der Waals surface area contributed by atoms with Crippen LogP contribution in [0, 0.1) is 5.92 Å². The number of carbonyl (C=O) groups is 2. The lowest BCUT2D eigenvalue weighted by atomic mass is 9.87. The number of carboxylic acid groups (broad SMARTS) is 1. The predicted molar refractivity (Wildman–Crippen MR) is 64.8 cm³/mol. The Morgan fingerprint density at radius 3 is 2.82 bits per heavy atom. The van der Waals surface area contributed by atoms with Gasteiger partial charge in [0.25, 0.3) is 0 Å². The summed E-state index contributed by atoms with van der Waals surface area (Å²) in [7, 11) is 0. The van der Waals surface area contributed by atoms with E-state index in [0.717, 1.165) is 12.8 Å². The van der Waals surface area contributed by atoms with Crippen molar-refractivity contribution in [2.75, 3.05) is 18.1 Å². The van der Waals surface area contributed by atoms with Crippen LogP contribution in [0.25, 0.3) is 0 Å². The first-order chi connectivity index (χ1) is 8.09. The normalized spacial score (nSPS) is 24.3. The SMILES string of the molecule is O=C(O)CSCCNC(=O)C1CCCC(F)C1. The second kappa shape index (κ2) is 7.53. The Bertz CT molecular complexity index is 275. The maximum absolute atomic E-state index is 13.1. The summed E-state index contributed by atoms with van der Waals surface area (Å²) < 4.78 is 13.1. The number of halogens is 1. The molecule has 0 aromatic heterocycles. The fraction of sp³-hybridized carbons (Fsp3) is 0.818. The Labute approximate surface area is 104 Å². The van der Waals surface area contributed by atoms with Crippen LogP contribution < -0.4 is 5.32 Å². The highest BCUT2D eigenvalue weighted by Crippen LogP contribution is 2.26. The van der Waals surface area contributed by atoms with Gasteiger partial charge in [-0.05, 0) is 25.7 Å². The van der Waals surface area contributed by atoms with Gasteiger partial charge < -0.3 is 10.4 Å². The molecule has 6 heteroatoms. The van der Waals surface area contributed by atoms with Crippen LogP contribution in [0.5, 0.6) is 0 Å². The van der Waals surface area contributed by atoms with Gasteiger partial charge in [0, 0.05) is 18.2 Å². The number of aliphatic carboxylic acids is 1. The number of alkyl halides is 1. The van der Waals surface area contributed by atoms with Crippen LogP contribution in [-0.4, -0.2) is 41.2 Å². The number of thioether (sulfide) groups is 1. The van der Waals surface area contributed by atoms with Gasteiger partial charge >= 0.3 is 5.97 Å². The van der Waals surface area contributed by atoms with E-state index in [4.69, 9.17) is 5.11 Å². The van der Waals surface area contributed by atoms with Crippen molar-refractivity contribution in [3.05, 3.63) is 0 Å². The van der Waals surface area contributed by atoms with Crippen LogP contribution in [0.1, 0.15) is 25.7 Å². The van der Waals surface area contributed by atoms with Crippen LogP contribution in [0.3, 0.4) is 0 Å². The minimum atomic E-state index is -0.853. The number of carboxylic acids is 1. The van der Waals surface area contributed by atoms with E-state index in [1.165, 1.54) is 11.8 Å². The van der Waals surface area contributed by atoms with Crippen LogP contribution in [0.4, 0.5) is 4.39 Å². The zero-order valence-electron chi connectivity index (χ0n) is 9.65. The standard InChI is InChI=1S/C11H18FNO3S/c12-9-3-1-2-8(6-9)11(16)13-4-5-17-7-10(14)15/h8-9H,1-7H2,(H,13,16)(H,14,15). The molecule has 0 heterocycles. The smallest absolute Gasteiger partial charge is 0.313 e. The van der Waals surface area contributed by atoms with E-state index in [1.807, 2.05) is 0 Å². The fourth-order valence-corrected chi connectivity index (χ4v) is 2.48. The number of nitrogens with one attached hydrogen (secondary N) is 1. The van der Waals surface area contributed by atoms with Gasteiger partial charge in [-0.25, -0.2) is 4.39 Å². The molecular weight excluding hydrogens is 245 g/mol. The molecule has 1 fully saturated rings. The van der Waals surface area contributed by atoms with Crippen molar-refractivity contribution in [1.29, 1.82) is 0 Å². The van der Waals surface area contributed by atoms with Gasteiger partial charge in [-0.3, -0.25) is 9.59 Å². The van der Waals surface area contributed by atoms with E-state index in [-0.39, 0.29) is 17.6 Å². The molecule has 0 spiro atoms. The number of rotatable bonds is 6. The molecule has 1 rings (SSSR count). The van der Waals surface area contributed by atoms with Crippen LogP contribution in [0.2, 0.25) is 0 Å². The van der Waals surface area contributed by atoms with Gasteiger partial charge in [0.1, 0.15) is 6.17 Å². The summed E-state index contributed by atoms with van der Waals surface area (Å²) in [4.78, 5) is 21.9. The molecule has 0 aliphatic heterocycles. The third-order valence-electron chi connectivity index (χ3n) is 2.75. The second-order valence-electron chi connectivity index (χ2n) is 4.20. The Hall–Kier alpha value is -0.780. The highest BCUT2D eigenvalue weighted by Gasteiger charge is 2.26. The Balaban J connectivity index is 2.10. The molecule has 0 bridgehead atoms. The summed E-state index contributed by atoms with van der Waals surface area (Å²) in [5.41, 5.74) is 0. The topological polar surface area (TPSA) is 66.4 Å². The molecule has 0 aromatic rings. The largest absolute Gasteiger partial charge is 0.481 e. The van der Waals surface area contributed by atoms with Gasteiger partial charge in [0.15, 0.2) is 0 Å². The molecule has 0 radical (unpaired) electrons. The molecule has 1 saturated carbocycles. The van der Waals surface area contributed by atoms with Crippen molar-refractivity contribution >= 4 is 23.6 Å². The number of hydrogen-bond acceptors (Lipinski definition) is 3. The van der Waals surface area contributed by atoms with E-state index in [0.29, 0.717) is 25.1 Å². The summed E-state index contributed by atoms with van der Waals surface area (Å²) >= 11 is 1.26. The summed E-state index contributed by atoms with van der Waals surface area (Å²) in [6.45, 7) is 0.449. The van der Waals surface area contributed by atoms with Crippen LogP contribution in [-0.2, 0) is 9.59 Å². The maximum atomic E-state index is 13.1. The zero-order chi connectivity index (χ0) is 12.7. The van der Waals surface area contributed by atoms with Crippen LogP contribution in [0.15, 0.2) is 0 Å². The molecule has 0 aromatic carbocycles. The van der Waals surface area contributed by atoms with Crippen molar-refractivity contribution < 1.29 is 19.1 Å². The molecule has 1 aliphatic carbocycles. The van der Waals surface area contributed by atoms with E-state index in [2.05, 4.69) is 5.32 Å². The molecular formula is C11H18FNO3S. The number of amides is 1. The quantitative estimate of drug-likeness (QED) is 0.712. The molecule has 1 amide bonds. The van der Waals surface area contributed by atoms with Gasteiger partial charge in [0.05, 0.1) is 5.75 Å². The van der Waals surface area contributed by atoms with Crippen molar-refractivity contribution in [2.45, 2.75) is 31.9 Å². The molecule has 2 atom stereocenters. The molecule has 2 unspecified atom stereocenters. The monoisotopic (exact) mass is 263 g/mol. The summed E-state index contributed by atoms with van der Waals surface area (Å²) in [5.74, 6) is -0.532. The Morgan fingerprint density at radius 2 is 2.18 bits per heavy atom. The first-order valence-electron chi connectivity index (χ1n) is 5.81. The molecule has 17 heavy (non-hydrogen) atoms. The second-order valence-corrected chi connectivity index (χ2v) is 5.30. The minimum absolute atomic E-state index is 0.0475. The Morgan fingerprint density at radius 1 is 1.41 bits per heavy atom. The maximum Gasteiger partial charge on any atom is 0.313 e. The predicted octanol–water partition coefficient (Wildman–Crippen LogP) is 1.45. The molecule has 1 aliphatic rings. The molecule has 2 N–H and O–H groups in total. The van der Waals surface area contributed by atoms with Gasteiger partial charge in [-0.2, -0.15) is 0 Å². The van der Waals surface area contributed by atoms with E-state index >= 15 is 0 Å². The van der Waals surface area contributed by atoms with Crippen LogP contribution >= 0.6 is 11.8 Å². The highest BCUT2D eigenvalue weighted by atomic mass is 32.2. The van der Waals surface area contributed by atoms with Gasteiger partial charge in [-0.15, -0.1) is 11.8 Å². The first-order valence-corrected chi connectivity index (χ1v) is 6.96. The first kappa shape index (κ1) is 14.3. The number of carbonyl (C=O) groups excluding carboxylic acids is 1. The number of hydrogen-bond donors (Lipinski definition) is 2. The lowest BCUT2D eigenvalue weighted by molar-refractivity contribution is -0.134. The third kappa shape index (κ3) is 5.91. The molecule has 0 saturated heterocycles. The summed E-state index contributed by atoms with van der Waals surface area (Å²) in [5, 5.41) is 11.1. The van der Waals surface area contributed by atoms with E-state index in [1.54, 1.807) is 0 Å². The van der Waals surface area contributed by atoms with E-state index < -0.39 is 12.1 Å². The third-order valence-corrected chi connectivity index (χ3v) is 3.70. The van der Waals surface area contributed by atoms with E-state index in [9.17, 15) is 14.0 Å². The van der Waals surface area contributed by atoms with Crippen molar-refractivity contribution in [1.82, 2.24) is 5.32 Å². The van der Waals surface area contributed by atoms with Crippen molar-refractivity contribution in [2.24, 2.45) is 5.92 Å². The molecule has 98 valence electrons. The highest BCUT2D eigenvalue weighted by molar-refractivity contribution is 7.99. The lowest BCUT2D eigenvalue weighted by Gasteiger charge is -2.23. The minimum Gasteiger partial charge on any atom is -0.481 e.